The molecule has 1 aromatic heterocycles. The summed E-state index contributed by atoms with van der Waals surface area (Å²) in [6, 6.07) is 1.73. The molecule has 1 heterocycles. The zero-order chi connectivity index (χ0) is 11.9. The van der Waals surface area contributed by atoms with Crippen LogP contribution in [0.1, 0.15) is 5.69 Å². The lowest BCUT2D eigenvalue weighted by molar-refractivity contribution is -0.269. The minimum absolute atomic E-state index is 0.688. The Morgan fingerprint density at radius 2 is 1.47 bits per heavy atom. The molecule has 0 aliphatic carbocycles. The number of thiol groups is 1. The normalized spacial score (nSPS) is 14.3. The fourth-order valence-corrected chi connectivity index (χ4v) is 1.16. The molecule has 0 unspecified atom stereocenters. The van der Waals surface area contributed by atoms with Crippen molar-refractivity contribution in [2.75, 3.05) is 0 Å². The summed E-state index contributed by atoms with van der Waals surface area (Å²) in [5.74, 6) is 0. The van der Waals surface area contributed by atoms with Crippen molar-refractivity contribution in [3.8, 4) is 0 Å². The molecule has 0 aliphatic heterocycles. The van der Waals surface area contributed by atoms with Crippen LogP contribution in [-0.4, -0.2) is 17.3 Å². The average molecular weight is 249 g/mol. The number of hydrogen-bond donors (Lipinski definition) is 2. The maximum absolute atomic E-state index is 12.3. The van der Waals surface area contributed by atoms with Crippen molar-refractivity contribution in [1.82, 2.24) is 4.98 Å². The van der Waals surface area contributed by atoms with Crippen LogP contribution in [0.3, 0.4) is 0 Å². The van der Waals surface area contributed by atoms with Crippen LogP contribution in [0.2, 0.25) is 0 Å². The molecule has 1 N–H and O–H groups in total. The highest BCUT2D eigenvalue weighted by Gasteiger charge is 2.70. The SMILES string of the molecule is FC(F)(F)C(S)(c1ccc[nH]1)C(F)(F)F. The van der Waals surface area contributed by atoms with E-state index in [9.17, 15) is 26.3 Å². The van der Waals surface area contributed by atoms with Crippen molar-refractivity contribution in [3.63, 3.8) is 0 Å². The molecule has 0 fully saturated rings. The van der Waals surface area contributed by atoms with E-state index < -0.39 is 22.8 Å². The lowest BCUT2D eigenvalue weighted by Gasteiger charge is -2.31. The molecule has 0 aliphatic rings. The Bertz CT molecular complexity index is 310. The van der Waals surface area contributed by atoms with Gasteiger partial charge in [-0.15, -0.1) is 12.6 Å². The lowest BCUT2D eigenvalue weighted by atomic mass is 10.0. The maximum Gasteiger partial charge on any atom is 0.417 e. The summed E-state index contributed by atoms with van der Waals surface area (Å²) in [5.41, 5.74) is -1.05. The van der Waals surface area contributed by atoms with Gasteiger partial charge in [-0.1, -0.05) is 0 Å². The van der Waals surface area contributed by atoms with Gasteiger partial charge in [-0.3, -0.25) is 0 Å². The highest BCUT2D eigenvalue weighted by Crippen LogP contribution is 2.54. The highest BCUT2D eigenvalue weighted by atomic mass is 32.1. The van der Waals surface area contributed by atoms with Gasteiger partial charge in [0, 0.05) is 11.9 Å². The van der Waals surface area contributed by atoms with E-state index in [4.69, 9.17) is 0 Å². The van der Waals surface area contributed by atoms with Crippen LogP contribution in [0, 0.1) is 0 Å². The number of nitrogens with one attached hydrogen (secondary N) is 1. The second-order valence-electron chi connectivity index (χ2n) is 2.79. The Hall–Kier alpha value is -0.790. The fraction of sp³-hybridized carbons (Fsp3) is 0.429. The number of halogens is 6. The Kier molecular flexibility index (Phi) is 2.75. The van der Waals surface area contributed by atoms with E-state index in [1.165, 1.54) is 0 Å². The number of hydrogen-bond acceptors (Lipinski definition) is 1. The van der Waals surface area contributed by atoms with Gasteiger partial charge in [0.25, 0.3) is 0 Å². The first-order chi connectivity index (χ1) is 6.61. The third-order valence-corrected chi connectivity index (χ3v) is 2.56. The molecule has 0 atom stereocenters. The van der Waals surface area contributed by atoms with Gasteiger partial charge >= 0.3 is 12.4 Å². The van der Waals surface area contributed by atoms with Crippen molar-refractivity contribution in [1.29, 1.82) is 0 Å². The van der Waals surface area contributed by atoms with E-state index in [1.54, 1.807) is 0 Å². The summed E-state index contributed by atoms with van der Waals surface area (Å²) in [5, 5.41) is 0. The highest BCUT2D eigenvalue weighted by molar-refractivity contribution is 7.81. The third kappa shape index (κ3) is 1.82. The number of H-pyrrole nitrogens is 1. The molecule has 0 radical (unpaired) electrons. The summed E-state index contributed by atoms with van der Waals surface area (Å²) < 4.78 is 69.9. The molecule has 0 saturated heterocycles. The zero-order valence-electron chi connectivity index (χ0n) is 6.95. The van der Waals surface area contributed by atoms with Crippen molar-refractivity contribution < 1.29 is 26.3 Å². The summed E-state index contributed by atoms with van der Waals surface area (Å²) in [4.78, 5) is 1.87. The second-order valence-corrected chi connectivity index (χ2v) is 3.46. The first kappa shape index (κ1) is 12.3. The van der Waals surface area contributed by atoms with E-state index in [2.05, 4.69) is 12.6 Å². The molecule has 1 aromatic rings. The van der Waals surface area contributed by atoms with Gasteiger partial charge in [0.05, 0.1) is 0 Å². The first-order valence-electron chi connectivity index (χ1n) is 3.60. The predicted octanol–water partition coefficient (Wildman–Crippen LogP) is 3.26. The quantitative estimate of drug-likeness (QED) is 0.561. The van der Waals surface area contributed by atoms with Crippen molar-refractivity contribution in [2.24, 2.45) is 0 Å². The molecule has 15 heavy (non-hydrogen) atoms. The Morgan fingerprint density at radius 3 is 1.73 bits per heavy atom. The fourth-order valence-electron chi connectivity index (χ4n) is 1.02. The minimum atomic E-state index is -5.53. The van der Waals surface area contributed by atoms with Gasteiger partial charge in [0.1, 0.15) is 0 Å². The second kappa shape index (κ2) is 3.36. The van der Waals surface area contributed by atoms with Crippen LogP contribution in [0.4, 0.5) is 26.3 Å². The van der Waals surface area contributed by atoms with Gasteiger partial charge in [-0.05, 0) is 12.1 Å². The monoisotopic (exact) mass is 249 g/mol. The molecule has 0 spiro atoms. The number of aromatic nitrogens is 1. The summed E-state index contributed by atoms with van der Waals surface area (Å²) in [7, 11) is 0. The number of alkyl halides is 6. The van der Waals surface area contributed by atoms with Crippen LogP contribution < -0.4 is 0 Å². The summed E-state index contributed by atoms with van der Waals surface area (Å²) in [6.07, 6.45) is -10.1. The Morgan fingerprint density at radius 1 is 1.00 bits per heavy atom. The van der Waals surface area contributed by atoms with E-state index >= 15 is 0 Å². The van der Waals surface area contributed by atoms with E-state index in [1.807, 2.05) is 4.98 Å². The molecule has 0 aromatic carbocycles. The first-order valence-corrected chi connectivity index (χ1v) is 4.05. The third-order valence-electron chi connectivity index (χ3n) is 1.81. The summed E-state index contributed by atoms with van der Waals surface area (Å²) in [6.45, 7) is 0. The van der Waals surface area contributed by atoms with Gasteiger partial charge in [-0.2, -0.15) is 26.3 Å². The minimum Gasteiger partial charge on any atom is -0.363 e. The average Bonchev–Trinajstić information content (AvgIpc) is 2.49. The van der Waals surface area contributed by atoms with Gasteiger partial charge in [-0.25, -0.2) is 0 Å². The lowest BCUT2D eigenvalue weighted by Crippen LogP contribution is -2.49. The summed E-state index contributed by atoms with van der Waals surface area (Å²) >= 11 is 2.75. The van der Waals surface area contributed by atoms with E-state index in [0.717, 1.165) is 12.3 Å². The predicted molar refractivity (Wildman–Crippen MR) is 43.6 cm³/mol. The molecule has 0 saturated carbocycles. The van der Waals surface area contributed by atoms with Crippen molar-refractivity contribution >= 4 is 12.6 Å². The van der Waals surface area contributed by atoms with Gasteiger partial charge in [0.2, 0.25) is 4.75 Å². The molecular weight excluding hydrogens is 244 g/mol. The van der Waals surface area contributed by atoms with Gasteiger partial charge in [0.15, 0.2) is 0 Å². The molecular formula is C7H5F6NS. The number of rotatable bonds is 1. The van der Waals surface area contributed by atoms with Crippen LogP contribution >= 0.6 is 12.6 Å². The molecule has 1 rings (SSSR count). The topological polar surface area (TPSA) is 15.8 Å². The van der Waals surface area contributed by atoms with Crippen LogP contribution in [0.25, 0.3) is 0 Å². The van der Waals surface area contributed by atoms with Crippen LogP contribution in [0.5, 0.6) is 0 Å². The maximum atomic E-state index is 12.3. The van der Waals surface area contributed by atoms with E-state index in [-0.39, 0.29) is 0 Å². The van der Waals surface area contributed by atoms with Crippen molar-refractivity contribution in [2.45, 2.75) is 17.1 Å². The van der Waals surface area contributed by atoms with Crippen molar-refractivity contribution in [3.05, 3.63) is 24.0 Å². The molecule has 86 valence electrons. The Labute approximate surface area is 85.9 Å². The molecule has 0 amide bonds. The van der Waals surface area contributed by atoms with Crippen LogP contribution in [-0.2, 0) is 4.75 Å². The number of aromatic amines is 1. The smallest absolute Gasteiger partial charge is 0.363 e. The van der Waals surface area contributed by atoms with E-state index in [0.29, 0.717) is 6.07 Å². The van der Waals surface area contributed by atoms with Gasteiger partial charge < -0.3 is 4.98 Å². The van der Waals surface area contributed by atoms with Crippen LogP contribution in [0.15, 0.2) is 18.3 Å². The molecule has 1 nitrogen and oxygen atoms in total. The molecule has 0 bridgehead atoms. The Balaban J connectivity index is 3.33. The molecule has 8 heteroatoms. The zero-order valence-corrected chi connectivity index (χ0v) is 7.84. The standard InChI is InChI=1S/C7H5F6NS/c8-6(9,10)5(15,7(11,12)13)4-2-1-3-14-4/h1-3,14-15H. The largest absolute Gasteiger partial charge is 0.417 e.